The van der Waals surface area contributed by atoms with Gasteiger partial charge in [-0.2, -0.15) is 25.9 Å². The number of pyridine rings is 1. The molecule has 0 radical (unpaired) electrons. The molecule has 0 saturated heterocycles. The quantitative estimate of drug-likeness (QED) is 0.682. The lowest BCUT2D eigenvalue weighted by atomic mass is 10.1. The number of carbonyl (C=O) groups is 1. The summed E-state index contributed by atoms with van der Waals surface area (Å²) >= 11 is 0. The Bertz CT molecular complexity index is 1160. The molecule has 1 aliphatic heterocycles. The van der Waals surface area contributed by atoms with Crippen LogP contribution in [0.5, 0.6) is 0 Å². The molecule has 1 aromatic carbocycles. The molecule has 2 aliphatic rings. The van der Waals surface area contributed by atoms with Crippen molar-refractivity contribution in [2.24, 2.45) is 0 Å². The first-order valence-electron chi connectivity index (χ1n) is 10.0. The van der Waals surface area contributed by atoms with Gasteiger partial charge in [-0.3, -0.25) is 9.52 Å². The van der Waals surface area contributed by atoms with Gasteiger partial charge in [0.05, 0.1) is 16.9 Å². The maximum Gasteiger partial charge on any atom is 0.416 e. The van der Waals surface area contributed by atoms with E-state index in [2.05, 4.69) is 15.0 Å². The minimum atomic E-state index is -4.57. The van der Waals surface area contributed by atoms with Gasteiger partial charge in [0.25, 0.3) is 5.91 Å². The molecule has 0 bridgehead atoms. The molecule has 0 atom stereocenters. The molecule has 0 unspecified atom stereocenters. The fraction of sp³-hybridized carbons (Fsp3) is 0.333. The maximum absolute atomic E-state index is 12.9. The zero-order valence-corrected chi connectivity index (χ0v) is 17.7. The molecule has 1 fully saturated rings. The summed E-state index contributed by atoms with van der Waals surface area (Å²) in [7, 11) is -4.05. The average Bonchev–Trinajstić information content (AvgIpc) is 3.57. The van der Waals surface area contributed by atoms with E-state index in [0.29, 0.717) is 17.8 Å². The lowest BCUT2D eigenvalue weighted by Crippen LogP contribution is -2.38. The monoisotopic (exact) mass is 466 g/mol. The van der Waals surface area contributed by atoms with Crippen molar-refractivity contribution in [3.8, 4) is 0 Å². The molecule has 1 aliphatic carbocycles. The number of carbonyl (C=O) groups excluding carboxylic acids is 1. The Labute approximate surface area is 183 Å². The number of nitrogens with zero attached hydrogens (tertiary/aromatic N) is 2. The second-order valence-electron chi connectivity index (χ2n) is 7.68. The highest BCUT2D eigenvalue weighted by atomic mass is 32.2. The SMILES string of the molecule is O=C(NC1CC1)c1cccc(C2=CCN(S(=O)(=O)Nc3cccc(C(F)(F)F)c3)CC2)n1. The van der Waals surface area contributed by atoms with Crippen molar-refractivity contribution >= 4 is 27.4 Å². The Kier molecular flexibility index (Phi) is 5.95. The summed E-state index contributed by atoms with van der Waals surface area (Å²) in [6, 6.07) is 9.36. The molecule has 7 nitrogen and oxygen atoms in total. The van der Waals surface area contributed by atoms with Gasteiger partial charge in [-0.05, 0) is 55.2 Å². The van der Waals surface area contributed by atoms with Crippen LogP contribution in [0.25, 0.3) is 5.57 Å². The van der Waals surface area contributed by atoms with E-state index in [9.17, 15) is 26.4 Å². The minimum absolute atomic E-state index is 0.0316. The van der Waals surface area contributed by atoms with E-state index in [1.807, 2.05) is 0 Å². The zero-order valence-electron chi connectivity index (χ0n) is 16.9. The Morgan fingerprint density at radius 1 is 1.12 bits per heavy atom. The summed E-state index contributed by atoms with van der Waals surface area (Å²) in [5.74, 6) is -0.236. The van der Waals surface area contributed by atoms with E-state index in [-0.39, 0.29) is 30.7 Å². The smallest absolute Gasteiger partial charge is 0.348 e. The molecule has 4 rings (SSSR count). The summed E-state index contributed by atoms with van der Waals surface area (Å²) in [5.41, 5.74) is 0.602. The Balaban J connectivity index is 1.44. The van der Waals surface area contributed by atoms with Gasteiger partial charge in [-0.15, -0.1) is 0 Å². The molecule has 1 saturated carbocycles. The number of hydrogen-bond donors (Lipinski definition) is 2. The van der Waals surface area contributed by atoms with Crippen LogP contribution >= 0.6 is 0 Å². The second-order valence-corrected chi connectivity index (χ2v) is 9.35. The number of benzene rings is 1. The van der Waals surface area contributed by atoms with E-state index in [4.69, 9.17) is 0 Å². The van der Waals surface area contributed by atoms with Crippen LogP contribution in [0, 0.1) is 0 Å². The molecule has 0 spiro atoms. The van der Waals surface area contributed by atoms with Crippen LogP contribution < -0.4 is 10.0 Å². The van der Waals surface area contributed by atoms with Gasteiger partial charge in [-0.1, -0.05) is 18.2 Å². The molecule has 1 aromatic heterocycles. The third-order valence-corrected chi connectivity index (χ3v) is 6.68. The van der Waals surface area contributed by atoms with E-state index in [1.165, 1.54) is 6.07 Å². The van der Waals surface area contributed by atoms with Crippen LogP contribution in [0.4, 0.5) is 18.9 Å². The molecule has 2 aromatic rings. The predicted octanol–water partition coefficient (Wildman–Crippen LogP) is 3.44. The number of alkyl halides is 3. The normalized spacial score (nSPS) is 17.5. The van der Waals surface area contributed by atoms with E-state index >= 15 is 0 Å². The lowest BCUT2D eigenvalue weighted by molar-refractivity contribution is -0.137. The Hall–Kier alpha value is -2.92. The third-order valence-electron chi connectivity index (χ3n) is 5.17. The van der Waals surface area contributed by atoms with E-state index < -0.39 is 21.9 Å². The van der Waals surface area contributed by atoms with Crippen LogP contribution in [0.1, 0.15) is 41.0 Å². The first-order valence-corrected chi connectivity index (χ1v) is 11.5. The largest absolute Gasteiger partial charge is 0.416 e. The number of halogens is 3. The number of anilines is 1. The number of rotatable bonds is 6. The predicted molar refractivity (Wildman–Crippen MR) is 113 cm³/mol. The number of amides is 1. The Morgan fingerprint density at radius 2 is 1.88 bits per heavy atom. The zero-order chi connectivity index (χ0) is 22.9. The van der Waals surface area contributed by atoms with Crippen molar-refractivity contribution < 1.29 is 26.4 Å². The van der Waals surface area contributed by atoms with Gasteiger partial charge in [-0.25, -0.2) is 4.98 Å². The topological polar surface area (TPSA) is 91.4 Å². The van der Waals surface area contributed by atoms with Gasteiger partial charge in [0.1, 0.15) is 5.69 Å². The molecule has 1 amide bonds. The molecule has 2 N–H and O–H groups in total. The van der Waals surface area contributed by atoms with Crippen molar-refractivity contribution in [2.75, 3.05) is 17.8 Å². The van der Waals surface area contributed by atoms with Crippen LogP contribution in [0.15, 0.2) is 48.5 Å². The molecular formula is C21H21F3N4O3S. The summed E-state index contributed by atoms with van der Waals surface area (Å²) in [6.07, 6.45) is -0.587. The van der Waals surface area contributed by atoms with Gasteiger partial charge in [0.15, 0.2) is 0 Å². The maximum atomic E-state index is 12.9. The van der Waals surface area contributed by atoms with Crippen molar-refractivity contribution in [2.45, 2.75) is 31.5 Å². The highest BCUT2D eigenvalue weighted by molar-refractivity contribution is 7.90. The fourth-order valence-corrected chi connectivity index (χ4v) is 4.46. The highest BCUT2D eigenvalue weighted by Gasteiger charge is 2.31. The summed E-state index contributed by atoms with van der Waals surface area (Å²) < 4.78 is 67.3. The van der Waals surface area contributed by atoms with Crippen LogP contribution in [0.2, 0.25) is 0 Å². The van der Waals surface area contributed by atoms with Gasteiger partial charge < -0.3 is 5.32 Å². The molecule has 2 heterocycles. The Morgan fingerprint density at radius 3 is 2.53 bits per heavy atom. The fourth-order valence-electron chi connectivity index (χ4n) is 3.30. The van der Waals surface area contributed by atoms with Gasteiger partial charge >= 0.3 is 16.4 Å². The highest BCUT2D eigenvalue weighted by Crippen LogP contribution is 2.31. The van der Waals surface area contributed by atoms with Crippen LogP contribution in [-0.2, 0) is 16.4 Å². The number of hydrogen-bond acceptors (Lipinski definition) is 4. The summed E-state index contributed by atoms with van der Waals surface area (Å²) in [6.45, 7) is 0.157. The van der Waals surface area contributed by atoms with Crippen LogP contribution in [-0.4, -0.2) is 42.7 Å². The molecular weight excluding hydrogens is 445 g/mol. The minimum Gasteiger partial charge on any atom is -0.348 e. The third kappa shape index (κ3) is 5.28. The molecule has 32 heavy (non-hydrogen) atoms. The number of nitrogens with one attached hydrogen (secondary N) is 2. The summed E-state index contributed by atoms with van der Waals surface area (Å²) in [5, 5.41) is 2.88. The molecule has 11 heteroatoms. The molecule has 170 valence electrons. The first kappa shape index (κ1) is 22.3. The van der Waals surface area contributed by atoms with Gasteiger partial charge in [0.2, 0.25) is 0 Å². The second kappa shape index (κ2) is 8.55. The van der Waals surface area contributed by atoms with Gasteiger partial charge in [0, 0.05) is 19.1 Å². The van der Waals surface area contributed by atoms with E-state index in [0.717, 1.165) is 40.9 Å². The number of aromatic nitrogens is 1. The van der Waals surface area contributed by atoms with Crippen molar-refractivity contribution in [3.63, 3.8) is 0 Å². The average molecular weight is 466 g/mol. The van der Waals surface area contributed by atoms with Crippen molar-refractivity contribution in [1.29, 1.82) is 0 Å². The van der Waals surface area contributed by atoms with Crippen molar-refractivity contribution in [1.82, 2.24) is 14.6 Å². The van der Waals surface area contributed by atoms with E-state index in [1.54, 1.807) is 24.3 Å². The summed E-state index contributed by atoms with van der Waals surface area (Å²) in [4.78, 5) is 16.6. The van der Waals surface area contributed by atoms with Crippen molar-refractivity contribution in [3.05, 3.63) is 65.5 Å². The standard InChI is InChI=1S/C21H21F3N4O3S/c22-21(23,24)15-3-1-4-17(13-15)27-32(30,31)28-11-9-14(10-12-28)18-5-2-6-19(26-18)20(29)25-16-7-8-16/h1-6,9,13,16,27H,7-8,10-12H2,(H,25,29). The van der Waals surface area contributed by atoms with Crippen LogP contribution in [0.3, 0.4) is 0 Å². The first-order chi connectivity index (χ1) is 15.1. The lowest BCUT2D eigenvalue weighted by Gasteiger charge is -2.26.